The first-order valence-electron chi connectivity index (χ1n) is 7.07. The number of hydrogen-bond acceptors (Lipinski definition) is 3. The van der Waals surface area contributed by atoms with Gasteiger partial charge in [0.2, 0.25) is 0 Å². The predicted octanol–water partition coefficient (Wildman–Crippen LogP) is 2.30. The molecule has 0 bridgehead atoms. The Morgan fingerprint density at radius 3 is 2.52 bits per heavy atom. The van der Waals surface area contributed by atoms with Crippen LogP contribution < -0.4 is 11.2 Å². The molecular formula is C15H14ClIN4O2. The van der Waals surface area contributed by atoms with Crippen LogP contribution in [0.3, 0.4) is 0 Å². The van der Waals surface area contributed by atoms with Gasteiger partial charge in [0.15, 0.2) is 11.2 Å². The molecule has 3 rings (SSSR count). The molecular weight excluding hydrogens is 431 g/mol. The third kappa shape index (κ3) is 2.94. The van der Waals surface area contributed by atoms with Crippen molar-refractivity contribution < 1.29 is 0 Å². The highest BCUT2D eigenvalue weighted by Crippen LogP contribution is 2.15. The summed E-state index contributed by atoms with van der Waals surface area (Å²) in [6, 6.07) is 7.84. The predicted molar refractivity (Wildman–Crippen MR) is 98.1 cm³/mol. The van der Waals surface area contributed by atoms with E-state index in [1.165, 1.54) is 4.57 Å². The van der Waals surface area contributed by atoms with Crippen molar-refractivity contribution in [1.29, 1.82) is 0 Å². The van der Waals surface area contributed by atoms with Gasteiger partial charge in [0, 0.05) is 10.1 Å². The summed E-state index contributed by atoms with van der Waals surface area (Å²) in [5.74, 6) is 0.760. The zero-order valence-corrected chi connectivity index (χ0v) is 15.3. The van der Waals surface area contributed by atoms with Gasteiger partial charge in [-0.2, -0.15) is 0 Å². The van der Waals surface area contributed by atoms with Crippen LogP contribution in [0, 0.1) is 3.57 Å². The summed E-state index contributed by atoms with van der Waals surface area (Å²) in [5.41, 5.74) is 0.805. The summed E-state index contributed by atoms with van der Waals surface area (Å²) < 4.78 is 4.33. The van der Waals surface area contributed by atoms with E-state index in [4.69, 9.17) is 11.6 Å². The van der Waals surface area contributed by atoms with Crippen molar-refractivity contribution in [3.05, 3.63) is 60.1 Å². The lowest BCUT2D eigenvalue weighted by atomic mass is 10.2. The average molecular weight is 445 g/mol. The first-order chi connectivity index (χ1) is 11.0. The molecule has 23 heavy (non-hydrogen) atoms. The van der Waals surface area contributed by atoms with E-state index in [0.29, 0.717) is 30.1 Å². The Kier molecular flexibility index (Phi) is 4.58. The molecule has 0 aliphatic carbocycles. The molecule has 2 heterocycles. The molecule has 8 heteroatoms. The number of aromatic amines is 1. The second-order valence-electron chi connectivity index (χ2n) is 5.05. The fraction of sp³-hybridized carbons (Fsp3) is 0.267. The van der Waals surface area contributed by atoms with E-state index < -0.39 is 11.2 Å². The maximum atomic E-state index is 12.2. The van der Waals surface area contributed by atoms with E-state index in [1.807, 2.05) is 31.2 Å². The average Bonchev–Trinajstić information content (AvgIpc) is 2.92. The van der Waals surface area contributed by atoms with Crippen molar-refractivity contribution >= 4 is 45.4 Å². The van der Waals surface area contributed by atoms with Gasteiger partial charge in [0.25, 0.3) is 5.56 Å². The van der Waals surface area contributed by atoms with Gasteiger partial charge in [0.05, 0.1) is 12.4 Å². The largest absolute Gasteiger partial charge is 0.330 e. The smallest absolute Gasteiger partial charge is 0.321 e. The zero-order chi connectivity index (χ0) is 16.6. The Balaban J connectivity index is 2.24. The fourth-order valence-electron chi connectivity index (χ4n) is 2.58. The lowest BCUT2D eigenvalue weighted by molar-refractivity contribution is 0.736. The number of benzene rings is 1. The van der Waals surface area contributed by atoms with Crippen molar-refractivity contribution in [2.24, 2.45) is 0 Å². The molecule has 0 aliphatic rings. The lowest BCUT2D eigenvalue weighted by Crippen LogP contribution is -2.31. The minimum atomic E-state index is -0.470. The number of H-pyrrole nitrogens is 1. The number of rotatable bonds is 4. The van der Waals surface area contributed by atoms with Crippen molar-refractivity contribution in [1.82, 2.24) is 19.1 Å². The Morgan fingerprint density at radius 1 is 1.22 bits per heavy atom. The standard InChI is InChI=1S/C15H14ClIN4O2/c1-2-20-11(7-16)18-13-12(20)14(22)19-15(23)21(13)8-9-3-5-10(17)6-4-9/h3-6H,2,7-8H2,1H3,(H,19,22,23). The van der Waals surface area contributed by atoms with Crippen LogP contribution in [0.15, 0.2) is 33.9 Å². The SMILES string of the molecule is CCn1c(CCl)nc2c1c(=O)[nH]c(=O)n2Cc1ccc(I)cc1. The van der Waals surface area contributed by atoms with Crippen LogP contribution >= 0.6 is 34.2 Å². The number of fused-ring (bicyclic) bond motifs is 1. The van der Waals surface area contributed by atoms with Crippen molar-refractivity contribution in [2.45, 2.75) is 25.9 Å². The van der Waals surface area contributed by atoms with Gasteiger partial charge in [-0.3, -0.25) is 14.3 Å². The van der Waals surface area contributed by atoms with E-state index in [0.717, 1.165) is 9.13 Å². The highest BCUT2D eigenvalue weighted by atomic mass is 127. The number of nitrogens with one attached hydrogen (secondary N) is 1. The molecule has 1 N–H and O–H groups in total. The molecule has 0 saturated carbocycles. The summed E-state index contributed by atoms with van der Waals surface area (Å²) in [6.07, 6.45) is 0. The van der Waals surface area contributed by atoms with Crippen LogP contribution in [0.5, 0.6) is 0 Å². The van der Waals surface area contributed by atoms with Gasteiger partial charge >= 0.3 is 5.69 Å². The van der Waals surface area contributed by atoms with E-state index in [-0.39, 0.29) is 5.88 Å². The molecule has 3 aromatic rings. The number of imidazole rings is 1. The van der Waals surface area contributed by atoms with Gasteiger partial charge in [-0.15, -0.1) is 11.6 Å². The van der Waals surface area contributed by atoms with Crippen LogP contribution in [0.25, 0.3) is 11.2 Å². The molecule has 0 aliphatic heterocycles. The number of aromatic nitrogens is 4. The summed E-state index contributed by atoms with van der Waals surface area (Å²) in [4.78, 5) is 31.2. The molecule has 0 spiro atoms. The highest BCUT2D eigenvalue weighted by molar-refractivity contribution is 14.1. The number of hydrogen-bond donors (Lipinski definition) is 1. The summed E-state index contributed by atoms with van der Waals surface area (Å²) in [7, 11) is 0. The second kappa shape index (κ2) is 6.48. The van der Waals surface area contributed by atoms with Gasteiger partial charge in [-0.25, -0.2) is 9.78 Å². The topological polar surface area (TPSA) is 72.7 Å². The minimum absolute atomic E-state index is 0.180. The van der Waals surface area contributed by atoms with Crippen LogP contribution in [0.1, 0.15) is 18.3 Å². The molecule has 0 atom stereocenters. The summed E-state index contributed by atoms with van der Waals surface area (Å²) in [6.45, 7) is 2.81. The number of aryl methyl sites for hydroxylation is 1. The zero-order valence-electron chi connectivity index (χ0n) is 12.3. The van der Waals surface area contributed by atoms with Crippen molar-refractivity contribution in [2.75, 3.05) is 0 Å². The number of nitrogens with zero attached hydrogens (tertiary/aromatic N) is 3. The number of alkyl halides is 1. The van der Waals surface area contributed by atoms with Gasteiger partial charge in [-0.1, -0.05) is 12.1 Å². The van der Waals surface area contributed by atoms with Crippen LogP contribution in [-0.2, 0) is 19.0 Å². The molecule has 0 radical (unpaired) electrons. The Hall–Kier alpha value is -1.61. The number of halogens is 2. The third-order valence-corrected chi connectivity index (χ3v) is 4.61. The molecule has 1 aromatic carbocycles. The molecule has 2 aromatic heterocycles. The highest BCUT2D eigenvalue weighted by Gasteiger charge is 2.17. The Labute approximate surface area is 150 Å². The molecule has 0 amide bonds. The van der Waals surface area contributed by atoms with Crippen molar-refractivity contribution in [3.8, 4) is 0 Å². The summed E-state index contributed by atoms with van der Waals surface area (Å²) in [5, 5.41) is 0. The normalized spacial score (nSPS) is 11.3. The maximum Gasteiger partial charge on any atom is 0.330 e. The fourth-order valence-corrected chi connectivity index (χ4v) is 3.14. The molecule has 0 unspecified atom stereocenters. The molecule has 120 valence electrons. The van der Waals surface area contributed by atoms with Crippen LogP contribution in [-0.4, -0.2) is 19.1 Å². The first-order valence-corrected chi connectivity index (χ1v) is 8.69. The van der Waals surface area contributed by atoms with Crippen LogP contribution in [0.2, 0.25) is 0 Å². The van der Waals surface area contributed by atoms with E-state index in [9.17, 15) is 9.59 Å². The Bertz CT molecular complexity index is 972. The molecule has 0 fully saturated rings. The minimum Gasteiger partial charge on any atom is -0.321 e. The molecule has 6 nitrogen and oxygen atoms in total. The van der Waals surface area contributed by atoms with E-state index >= 15 is 0 Å². The van der Waals surface area contributed by atoms with Gasteiger partial charge in [0.1, 0.15) is 5.82 Å². The van der Waals surface area contributed by atoms with Crippen molar-refractivity contribution in [3.63, 3.8) is 0 Å². The second-order valence-corrected chi connectivity index (χ2v) is 6.56. The Morgan fingerprint density at radius 2 is 1.91 bits per heavy atom. The van der Waals surface area contributed by atoms with Gasteiger partial charge in [-0.05, 0) is 47.2 Å². The molecule has 0 saturated heterocycles. The monoisotopic (exact) mass is 444 g/mol. The quantitative estimate of drug-likeness (QED) is 0.496. The van der Waals surface area contributed by atoms with Crippen LogP contribution in [0.4, 0.5) is 0 Å². The van der Waals surface area contributed by atoms with E-state index in [2.05, 4.69) is 32.6 Å². The van der Waals surface area contributed by atoms with Gasteiger partial charge < -0.3 is 4.57 Å². The summed E-state index contributed by atoms with van der Waals surface area (Å²) >= 11 is 8.14. The third-order valence-electron chi connectivity index (χ3n) is 3.65. The van der Waals surface area contributed by atoms with E-state index in [1.54, 1.807) is 4.57 Å². The lowest BCUT2D eigenvalue weighted by Gasteiger charge is -2.07. The maximum absolute atomic E-state index is 12.2. The first kappa shape index (κ1) is 16.3.